The molecule has 0 saturated carbocycles. The highest BCUT2D eigenvalue weighted by Crippen LogP contribution is 2.11. The Morgan fingerprint density at radius 2 is 2.17 bits per heavy atom. The van der Waals surface area contributed by atoms with E-state index in [1.807, 2.05) is 41.2 Å². The second-order valence-corrected chi connectivity index (χ2v) is 4.66. The van der Waals surface area contributed by atoms with Gasteiger partial charge in [-0.2, -0.15) is 5.10 Å². The minimum atomic E-state index is -0.534. The molecule has 0 aliphatic carbocycles. The third-order valence-corrected chi connectivity index (χ3v) is 2.68. The first kappa shape index (κ1) is 12.6. The van der Waals surface area contributed by atoms with Crippen LogP contribution >= 0.6 is 11.6 Å². The molecule has 2 aromatic rings. The van der Waals surface area contributed by atoms with Crippen molar-refractivity contribution in [1.29, 1.82) is 0 Å². The molecule has 1 aromatic carbocycles. The third kappa shape index (κ3) is 3.34. The quantitative estimate of drug-likeness (QED) is 0.862. The molecule has 0 spiro atoms. The van der Waals surface area contributed by atoms with Crippen LogP contribution in [0.2, 0.25) is 0 Å². The average molecular weight is 264 g/mol. The lowest BCUT2D eigenvalue weighted by Gasteiger charge is -2.07. The zero-order chi connectivity index (χ0) is 13.0. The van der Waals surface area contributed by atoms with Crippen LogP contribution in [-0.2, 0) is 11.3 Å². The van der Waals surface area contributed by atoms with Crippen molar-refractivity contribution in [3.63, 3.8) is 0 Å². The van der Waals surface area contributed by atoms with Gasteiger partial charge in [0.25, 0.3) is 0 Å². The fourth-order valence-electron chi connectivity index (χ4n) is 1.52. The largest absolute Gasteiger partial charge is 0.325 e. The van der Waals surface area contributed by atoms with E-state index in [1.165, 1.54) is 0 Å². The van der Waals surface area contributed by atoms with Gasteiger partial charge < -0.3 is 5.32 Å². The summed E-state index contributed by atoms with van der Waals surface area (Å²) in [6.45, 7) is 2.36. The molecule has 18 heavy (non-hydrogen) atoms. The number of halogens is 1. The van der Waals surface area contributed by atoms with Crippen molar-refractivity contribution in [3.8, 4) is 0 Å². The van der Waals surface area contributed by atoms with Crippen LogP contribution in [0.5, 0.6) is 0 Å². The summed E-state index contributed by atoms with van der Waals surface area (Å²) in [5, 5.41) is 6.34. The van der Waals surface area contributed by atoms with E-state index in [2.05, 4.69) is 10.4 Å². The van der Waals surface area contributed by atoms with Crippen LogP contribution in [0, 0.1) is 0 Å². The highest BCUT2D eigenvalue weighted by Gasteiger charge is 2.08. The molecule has 0 aliphatic rings. The number of nitrogens with one attached hydrogen (secondary N) is 1. The van der Waals surface area contributed by atoms with Gasteiger partial charge in [-0.1, -0.05) is 12.1 Å². The van der Waals surface area contributed by atoms with E-state index in [4.69, 9.17) is 11.6 Å². The van der Waals surface area contributed by atoms with Crippen LogP contribution < -0.4 is 5.32 Å². The molecule has 1 heterocycles. The first-order valence-electron chi connectivity index (χ1n) is 5.66. The Bertz CT molecular complexity index is 506. The molecule has 1 aromatic heterocycles. The summed E-state index contributed by atoms with van der Waals surface area (Å²) in [6.07, 6.45) is 3.65. The summed E-state index contributed by atoms with van der Waals surface area (Å²) in [7, 11) is 0. The van der Waals surface area contributed by atoms with Crippen LogP contribution in [0.15, 0.2) is 42.7 Å². The predicted molar refractivity (Wildman–Crippen MR) is 71.7 cm³/mol. The van der Waals surface area contributed by atoms with E-state index in [9.17, 15) is 4.79 Å². The maximum absolute atomic E-state index is 11.4. The highest BCUT2D eigenvalue weighted by molar-refractivity contribution is 6.32. The molecule has 2 rings (SSSR count). The molecule has 1 amide bonds. The standard InChI is InChI=1S/C13H14ClN3O/c1-10(14)13(18)16-12-5-3-11(4-6-12)9-17-8-2-7-15-17/h2-8,10H,9H2,1H3,(H,16,18). The van der Waals surface area contributed by atoms with Gasteiger partial charge >= 0.3 is 0 Å². The summed E-state index contributed by atoms with van der Waals surface area (Å²) in [5.74, 6) is -0.198. The molecular formula is C13H14ClN3O. The van der Waals surface area contributed by atoms with Crippen molar-refractivity contribution >= 4 is 23.2 Å². The van der Waals surface area contributed by atoms with Crippen LogP contribution in [0.25, 0.3) is 0 Å². The van der Waals surface area contributed by atoms with Crippen molar-refractivity contribution in [2.75, 3.05) is 5.32 Å². The predicted octanol–water partition coefficient (Wildman–Crippen LogP) is 2.50. The van der Waals surface area contributed by atoms with Crippen molar-refractivity contribution in [2.24, 2.45) is 0 Å². The summed E-state index contributed by atoms with van der Waals surface area (Å²) in [4.78, 5) is 11.4. The maximum Gasteiger partial charge on any atom is 0.242 e. The maximum atomic E-state index is 11.4. The van der Waals surface area contributed by atoms with Gasteiger partial charge in [-0.05, 0) is 30.7 Å². The number of carbonyl (C=O) groups excluding carboxylic acids is 1. The lowest BCUT2D eigenvalue weighted by atomic mass is 10.2. The van der Waals surface area contributed by atoms with Crippen LogP contribution in [-0.4, -0.2) is 21.1 Å². The molecule has 94 valence electrons. The lowest BCUT2D eigenvalue weighted by Crippen LogP contribution is -2.20. The Morgan fingerprint density at radius 3 is 2.72 bits per heavy atom. The van der Waals surface area contributed by atoms with Crippen molar-refractivity contribution in [3.05, 3.63) is 48.3 Å². The van der Waals surface area contributed by atoms with Gasteiger partial charge in [0.1, 0.15) is 5.38 Å². The number of hydrogen-bond acceptors (Lipinski definition) is 2. The Balaban J connectivity index is 1.99. The Kier molecular flexibility index (Phi) is 3.99. The molecule has 0 aliphatic heterocycles. The minimum Gasteiger partial charge on any atom is -0.325 e. The van der Waals surface area contributed by atoms with Crippen molar-refractivity contribution < 1.29 is 4.79 Å². The molecule has 0 bridgehead atoms. The van der Waals surface area contributed by atoms with E-state index >= 15 is 0 Å². The molecule has 1 N–H and O–H groups in total. The van der Waals surface area contributed by atoms with Crippen LogP contribution in [0.1, 0.15) is 12.5 Å². The molecular weight excluding hydrogens is 250 g/mol. The fourth-order valence-corrected chi connectivity index (χ4v) is 1.57. The Labute approximate surface area is 111 Å². The molecule has 0 fully saturated rings. The van der Waals surface area contributed by atoms with Gasteiger partial charge in [0.05, 0.1) is 6.54 Å². The third-order valence-electron chi connectivity index (χ3n) is 2.49. The van der Waals surface area contributed by atoms with E-state index in [0.717, 1.165) is 11.3 Å². The van der Waals surface area contributed by atoms with E-state index < -0.39 is 5.38 Å². The number of anilines is 1. The summed E-state index contributed by atoms with van der Waals surface area (Å²) < 4.78 is 1.84. The summed E-state index contributed by atoms with van der Waals surface area (Å²) in [6, 6.07) is 9.51. The molecule has 4 nitrogen and oxygen atoms in total. The zero-order valence-electron chi connectivity index (χ0n) is 10.0. The number of rotatable bonds is 4. The highest BCUT2D eigenvalue weighted by atomic mass is 35.5. The summed E-state index contributed by atoms with van der Waals surface area (Å²) >= 11 is 5.68. The van der Waals surface area contributed by atoms with Crippen LogP contribution in [0.3, 0.4) is 0 Å². The molecule has 0 saturated heterocycles. The SMILES string of the molecule is CC(Cl)C(=O)Nc1ccc(Cn2cccn2)cc1. The number of amides is 1. The lowest BCUT2D eigenvalue weighted by molar-refractivity contribution is -0.115. The van der Waals surface area contributed by atoms with Gasteiger partial charge in [-0.15, -0.1) is 11.6 Å². The number of hydrogen-bond donors (Lipinski definition) is 1. The summed E-state index contributed by atoms with van der Waals surface area (Å²) in [5.41, 5.74) is 1.87. The average Bonchev–Trinajstić information content (AvgIpc) is 2.84. The van der Waals surface area contributed by atoms with Gasteiger partial charge in [0.2, 0.25) is 5.91 Å². The fraction of sp³-hybridized carbons (Fsp3) is 0.231. The van der Waals surface area contributed by atoms with Crippen LogP contribution in [0.4, 0.5) is 5.69 Å². The number of benzene rings is 1. The minimum absolute atomic E-state index is 0.198. The monoisotopic (exact) mass is 263 g/mol. The molecule has 1 unspecified atom stereocenters. The van der Waals surface area contributed by atoms with E-state index in [0.29, 0.717) is 6.54 Å². The van der Waals surface area contributed by atoms with Crippen molar-refractivity contribution in [2.45, 2.75) is 18.8 Å². The van der Waals surface area contributed by atoms with Crippen molar-refractivity contribution in [1.82, 2.24) is 9.78 Å². The van der Waals surface area contributed by atoms with E-state index in [-0.39, 0.29) is 5.91 Å². The zero-order valence-corrected chi connectivity index (χ0v) is 10.8. The van der Waals surface area contributed by atoms with Gasteiger partial charge in [-0.3, -0.25) is 9.48 Å². The van der Waals surface area contributed by atoms with E-state index in [1.54, 1.807) is 13.1 Å². The first-order valence-corrected chi connectivity index (χ1v) is 6.10. The second-order valence-electron chi connectivity index (χ2n) is 4.01. The van der Waals surface area contributed by atoms with Gasteiger partial charge in [-0.25, -0.2) is 0 Å². The normalized spacial score (nSPS) is 12.1. The topological polar surface area (TPSA) is 46.9 Å². The number of alkyl halides is 1. The second kappa shape index (κ2) is 5.69. The Hall–Kier alpha value is -1.81. The smallest absolute Gasteiger partial charge is 0.242 e. The van der Waals surface area contributed by atoms with Gasteiger partial charge in [0.15, 0.2) is 0 Å². The Morgan fingerprint density at radius 1 is 1.44 bits per heavy atom. The number of nitrogens with zero attached hydrogens (tertiary/aromatic N) is 2. The number of aromatic nitrogens is 2. The van der Waals surface area contributed by atoms with Gasteiger partial charge in [0, 0.05) is 18.1 Å². The molecule has 1 atom stereocenters. The first-order chi connectivity index (χ1) is 8.65. The number of carbonyl (C=O) groups is 1. The molecule has 0 radical (unpaired) electrons. The molecule has 5 heteroatoms.